The van der Waals surface area contributed by atoms with Crippen LogP contribution in [0.4, 0.5) is 4.79 Å². The maximum absolute atomic E-state index is 11.1. The van der Waals surface area contributed by atoms with Gasteiger partial charge in [0.2, 0.25) is 0 Å². The van der Waals surface area contributed by atoms with Crippen LogP contribution in [0, 0.1) is 5.92 Å². The molecule has 2 amide bonds. The first kappa shape index (κ1) is 20.8. The van der Waals surface area contributed by atoms with Gasteiger partial charge in [-0.3, -0.25) is 5.21 Å². The highest BCUT2D eigenvalue weighted by Crippen LogP contribution is 2.49. The molecule has 3 aromatic rings. The smallest absolute Gasteiger partial charge is 0.338 e. The Morgan fingerprint density at radius 3 is 2.06 bits per heavy atom. The van der Waals surface area contributed by atoms with Crippen LogP contribution in [0.15, 0.2) is 78.9 Å². The van der Waals surface area contributed by atoms with Crippen LogP contribution in [0.1, 0.15) is 29.0 Å². The summed E-state index contributed by atoms with van der Waals surface area (Å²) in [4.78, 5) is 11.1. The Bertz CT molecular complexity index is 1010. The standard InChI is InChI=1S/C25H26N2O4/c26-25(28)27(29)15-21-13-22(21)20-11-12-23(30-16-18-7-3-1-4-8-18)24(14-20)31-17-19-9-5-2-6-10-19/h1-12,14,21-22,29H,13,15-17H2,(H2,26,28)/t21-,22-/m0/s1. The van der Waals surface area contributed by atoms with E-state index >= 15 is 0 Å². The topological polar surface area (TPSA) is 85.0 Å². The van der Waals surface area contributed by atoms with E-state index in [1.54, 1.807) is 0 Å². The Hall–Kier alpha value is -3.51. The van der Waals surface area contributed by atoms with E-state index in [4.69, 9.17) is 15.2 Å². The van der Waals surface area contributed by atoms with Crippen LogP contribution in [0.2, 0.25) is 0 Å². The number of primary amides is 1. The van der Waals surface area contributed by atoms with Gasteiger partial charge in [-0.2, -0.15) is 0 Å². The summed E-state index contributed by atoms with van der Waals surface area (Å²) in [6, 6.07) is 25.1. The number of urea groups is 1. The van der Waals surface area contributed by atoms with Gasteiger partial charge in [-0.25, -0.2) is 9.86 Å². The molecule has 6 nitrogen and oxygen atoms in total. The predicted octanol–water partition coefficient (Wildman–Crippen LogP) is 4.72. The Kier molecular flexibility index (Phi) is 6.38. The molecule has 0 saturated heterocycles. The SMILES string of the molecule is NC(=O)N(O)C[C@@H]1C[C@H]1c1ccc(OCc2ccccc2)c(OCc2ccccc2)c1. The third-order valence-electron chi connectivity index (χ3n) is 5.45. The van der Waals surface area contributed by atoms with E-state index < -0.39 is 6.03 Å². The number of carbonyl (C=O) groups excluding carboxylic acids is 1. The number of nitrogens with zero attached hydrogens (tertiary/aromatic N) is 1. The number of hydrogen-bond donors (Lipinski definition) is 2. The van der Waals surface area contributed by atoms with Gasteiger partial charge in [0, 0.05) is 0 Å². The van der Waals surface area contributed by atoms with Crippen LogP contribution in [-0.2, 0) is 13.2 Å². The molecule has 0 radical (unpaired) electrons. The molecule has 0 bridgehead atoms. The lowest BCUT2D eigenvalue weighted by atomic mass is 10.1. The van der Waals surface area contributed by atoms with E-state index in [1.165, 1.54) is 0 Å². The summed E-state index contributed by atoms with van der Waals surface area (Å²) in [6.45, 7) is 1.12. The molecule has 1 fully saturated rings. The summed E-state index contributed by atoms with van der Waals surface area (Å²) < 4.78 is 12.2. The monoisotopic (exact) mass is 418 g/mol. The Morgan fingerprint density at radius 2 is 1.48 bits per heavy atom. The fraction of sp³-hybridized carbons (Fsp3) is 0.240. The summed E-state index contributed by atoms with van der Waals surface area (Å²) in [7, 11) is 0. The third kappa shape index (κ3) is 5.55. The second-order valence-electron chi connectivity index (χ2n) is 7.78. The summed E-state index contributed by atoms with van der Waals surface area (Å²) in [5.74, 6) is 1.78. The quantitative estimate of drug-likeness (QED) is 0.389. The van der Waals surface area contributed by atoms with Crippen LogP contribution in [0.3, 0.4) is 0 Å². The van der Waals surface area contributed by atoms with Crippen LogP contribution >= 0.6 is 0 Å². The third-order valence-corrected chi connectivity index (χ3v) is 5.45. The number of carbonyl (C=O) groups is 1. The minimum atomic E-state index is -0.831. The maximum atomic E-state index is 11.1. The molecule has 1 aliphatic rings. The molecule has 0 unspecified atom stereocenters. The van der Waals surface area contributed by atoms with Crippen molar-refractivity contribution in [2.24, 2.45) is 11.7 Å². The van der Waals surface area contributed by atoms with Gasteiger partial charge in [-0.05, 0) is 47.1 Å². The van der Waals surface area contributed by atoms with Crippen molar-refractivity contribution in [3.05, 3.63) is 95.6 Å². The van der Waals surface area contributed by atoms with Crippen LogP contribution < -0.4 is 15.2 Å². The first-order chi connectivity index (χ1) is 15.1. The highest BCUT2D eigenvalue weighted by molar-refractivity contribution is 5.70. The lowest BCUT2D eigenvalue weighted by Crippen LogP contribution is -2.34. The minimum Gasteiger partial charge on any atom is -0.485 e. The molecule has 3 aromatic carbocycles. The molecule has 160 valence electrons. The van der Waals surface area contributed by atoms with Gasteiger partial charge in [0.25, 0.3) is 0 Å². The van der Waals surface area contributed by atoms with Gasteiger partial charge in [-0.15, -0.1) is 0 Å². The van der Waals surface area contributed by atoms with Crippen molar-refractivity contribution in [2.75, 3.05) is 6.54 Å². The Balaban J connectivity index is 1.48. The second kappa shape index (κ2) is 9.53. The zero-order valence-corrected chi connectivity index (χ0v) is 17.2. The molecule has 4 rings (SSSR count). The molecule has 1 saturated carbocycles. The van der Waals surface area contributed by atoms with E-state index in [-0.39, 0.29) is 18.4 Å². The molecule has 2 atom stereocenters. The zero-order valence-electron chi connectivity index (χ0n) is 17.2. The van der Waals surface area contributed by atoms with E-state index in [0.29, 0.717) is 29.8 Å². The average molecular weight is 418 g/mol. The summed E-state index contributed by atoms with van der Waals surface area (Å²) in [5, 5.41) is 10.2. The van der Waals surface area contributed by atoms with Crippen molar-refractivity contribution in [1.29, 1.82) is 0 Å². The first-order valence-corrected chi connectivity index (χ1v) is 10.3. The molecule has 0 heterocycles. The Labute approximate surface area is 181 Å². The van der Waals surface area contributed by atoms with Crippen molar-refractivity contribution < 1.29 is 19.5 Å². The van der Waals surface area contributed by atoms with E-state index in [1.807, 2.05) is 78.9 Å². The molecule has 1 aliphatic carbocycles. The second-order valence-corrected chi connectivity index (χ2v) is 7.78. The summed E-state index contributed by atoms with van der Waals surface area (Å²) in [5.41, 5.74) is 8.37. The lowest BCUT2D eigenvalue weighted by Gasteiger charge is -2.15. The zero-order chi connectivity index (χ0) is 21.6. The molecular weight excluding hydrogens is 392 g/mol. The van der Waals surface area contributed by atoms with Crippen LogP contribution in [0.5, 0.6) is 11.5 Å². The van der Waals surface area contributed by atoms with Crippen molar-refractivity contribution >= 4 is 6.03 Å². The number of hydroxylamine groups is 2. The maximum Gasteiger partial charge on any atom is 0.338 e. The molecule has 6 heteroatoms. The largest absolute Gasteiger partial charge is 0.485 e. The van der Waals surface area contributed by atoms with Gasteiger partial charge >= 0.3 is 6.03 Å². The fourth-order valence-electron chi connectivity index (χ4n) is 3.63. The van der Waals surface area contributed by atoms with E-state index in [9.17, 15) is 10.0 Å². The summed E-state index contributed by atoms with van der Waals surface area (Å²) >= 11 is 0. The normalized spacial score (nSPS) is 17.1. The first-order valence-electron chi connectivity index (χ1n) is 10.3. The molecular formula is C25H26N2O4. The molecule has 31 heavy (non-hydrogen) atoms. The fourth-order valence-corrected chi connectivity index (χ4v) is 3.63. The minimum absolute atomic E-state index is 0.176. The number of benzene rings is 3. The van der Waals surface area contributed by atoms with Crippen molar-refractivity contribution in [2.45, 2.75) is 25.6 Å². The van der Waals surface area contributed by atoms with E-state index in [2.05, 4.69) is 0 Å². The van der Waals surface area contributed by atoms with Crippen LogP contribution in [-0.4, -0.2) is 22.8 Å². The van der Waals surface area contributed by atoms with Gasteiger partial charge in [-0.1, -0.05) is 66.7 Å². The predicted molar refractivity (Wildman–Crippen MR) is 117 cm³/mol. The van der Waals surface area contributed by atoms with Crippen molar-refractivity contribution in [1.82, 2.24) is 5.06 Å². The van der Waals surface area contributed by atoms with Crippen molar-refractivity contribution in [3.63, 3.8) is 0 Å². The highest BCUT2D eigenvalue weighted by atomic mass is 16.5. The van der Waals surface area contributed by atoms with E-state index in [0.717, 1.165) is 23.1 Å². The molecule has 0 aromatic heterocycles. The number of rotatable bonds is 9. The van der Waals surface area contributed by atoms with Crippen molar-refractivity contribution in [3.8, 4) is 11.5 Å². The number of nitrogens with two attached hydrogens (primary N) is 1. The number of amides is 2. The van der Waals surface area contributed by atoms with Crippen LogP contribution in [0.25, 0.3) is 0 Å². The molecule has 0 aliphatic heterocycles. The summed E-state index contributed by atoms with van der Waals surface area (Å²) in [6.07, 6.45) is 0.882. The average Bonchev–Trinajstić information content (AvgIpc) is 3.57. The lowest BCUT2D eigenvalue weighted by molar-refractivity contribution is -0.0431. The molecule has 3 N–H and O–H groups in total. The van der Waals surface area contributed by atoms with Gasteiger partial charge in [0.15, 0.2) is 11.5 Å². The van der Waals surface area contributed by atoms with Gasteiger partial charge in [0.1, 0.15) is 13.2 Å². The number of hydrogen-bond acceptors (Lipinski definition) is 4. The Morgan fingerprint density at radius 1 is 0.903 bits per heavy atom. The molecule has 0 spiro atoms. The van der Waals surface area contributed by atoms with Gasteiger partial charge < -0.3 is 15.2 Å². The highest BCUT2D eigenvalue weighted by Gasteiger charge is 2.40. The van der Waals surface area contributed by atoms with Gasteiger partial charge in [0.05, 0.1) is 6.54 Å². The number of ether oxygens (including phenoxy) is 2.